The maximum atomic E-state index is 12.1. The summed E-state index contributed by atoms with van der Waals surface area (Å²) in [6.07, 6.45) is 1.63. The Bertz CT molecular complexity index is 912. The standard InChI is InChI=1S/C20H21ClN2O5/c1-12-4-5-15(13(2)6-12)9-18(24)23-22-10-14-7-16(21)20(17(8-14)27-3)28-11-19(25)26/h4-8,10H,9,11H2,1-3H3,(H,23,24)(H,25,26)/b22-10-. The number of carboxylic acid groups (broad SMARTS) is 1. The molecule has 0 aliphatic carbocycles. The number of hydrogen-bond acceptors (Lipinski definition) is 5. The van der Waals surface area contributed by atoms with Gasteiger partial charge in [-0.25, -0.2) is 10.2 Å². The van der Waals surface area contributed by atoms with Crippen molar-refractivity contribution in [3.05, 3.63) is 57.6 Å². The van der Waals surface area contributed by atoms with Gasteiger partial charge in [0.2, 0.25) is 5.91 Å². The Labute approximate surface area is 167 Å². The predicted octanol–water partition coefficient (Wildman–Crippen LogP) is 3.12. The van der Waals surface area contributed by atoms with Crippen LogP contribution in [0.1, 0.15) is 22.3 Å². The molecule has 0 aromatic heterocycles. The lowest BCUT2D eigenvalue weighted by molar-refractivity contribution is -0.139. The Morgan fingerprint density at radius 1 is 1.25 bits per heavy atom. The van der Waals surface area contributed by atoms with E-state index in [0.29, 0.717) is 5.56 Å². The van der Waals surface area contributed by atoms with Crippen LogP contribution in [-0.2, 0) is 16.0 Å². The topological polar surface area (TPSA) is 97.2 Å². The minimum atomic E-state index is -1.13. The number of carbonyl (C=O) groups excluding carboxylic acids is 1. The molecule has 148 valence electrons. The fourth-order valence-corrected chi connectivity index (χ4v) is 2.80. The molecule has 2 aromatic carbocycles. The summed E-state index contributed by atoms with van der Waals surface area (Å²) in [6.45, 7) is 3.41. The van der Waals surface area contributed by atoms with Crippen LogP contribution in [0.15, 0.2) is 35.4 Å². The van der Waals surface area contributed by atoms with E-state index < -0.39 is 12.6 Å². The van der Waals surface area contributed by atoms with E-state index in [2.05, 4.69) is 10.5 Å². The molecule has 0 aliphatic rings. The zero-order valence-corrected chi connectivity index (χ0v) is 16.5. The summed E-state index contributed by atoms with van der Waals surface area (Å²) < 4.78 is 10.3. The first-order chi connectivity index (χ1) is 13.3. The first-order valence-electron chi connectivity index (χ1n) is 8.40. The van der Waals surface area contributed by atoms with Gasteiger partial charge in [0.1, 0.15) is 0 Å². The number of carboxylic acids is 1. The van der Waals surface area contributed by atoms with Crippen molar-refractivity contribution in [3.8, 4) is 11.5 Å². The van der Waals surface area contributed by atoms with Crippen LogP contribution in [0.3, 0.4) is 0 Å². The van der Waals surface area contributed by atoms with E-state index in [1.54, 1.807) is 6.07 Å². The number of aliphatic carboxylic acids is 1. The van der Waals surface area contributed by atoms with E-state index in [4.69, 9.17) is 26.2 Å². The summed E-state index contributed by atoms with van der Waals surface area (Å²) in [5, 5.41) is 12.8. The van der Waals surface area contributed by atoms with Crippen molar-refractivity contribution < 1.29 is 24.2 Å². The minimum absolute atomic E-state index is 0.127. The molecule has 7 nitrogen and oxygen atoms in total. The van der Waals surface area contributed by atoms with Crippen molar-refractivity contribution in [2.75, 3.05) is 13.7 Å². The number of hydrazone groups is 1. The zero-order chi connectivity index (χ0) is 20.7. The van der Waals surface area contributed by atoms with Gasteiger partial charge in [-0.2, -0.15) is 5.10 Å². The Kier molecular flexibility index (Phi) is 7.40. The van der Waals surface area contributed by atoms with Gasteiger partial charge in [0.15, 0.2) is 18.1 Å². The number of methoxy groups -OCH3 is 1. The van der Waals surface area contributed by atoms with E-state index in [1.165, 1.54) is 19.4 Å². The van der Waals surface area contributed by atoms with Gasteiger partial charge in [-0.3, -0.25) is 4.79 Å². The largest absolute Gasteiger partial charge is 0.493 e. The van der Waals surface area contributed by atoms with Crippen molar-refractivity contribution in [3.63, 3.8) is 0 Å². The lowest BCUT2D eigenvalue weighted by atomic mass is 10.0. The molecule has 0 atom stereocenters. The molecule has 1 amide bonds. The highest BCUT2D eigenvalue weighted by molar-refractivity contribution is 6.32. The predicted molar refractivity (Wildman–Crippen MR) is 106 cm³/mol. The summed E-state index contributed by atoms with van der Waals surface area (Å²) >= 11 is 6.13. The summed E-state index contributed by atoms with van der Waals surface area (Å²) in [7, 11) is 1.41. The van der Waals surface area contributed by atoms with Gasteiger partial charge in [-0.05, 0) is 42.7 Å². The number of benzene rings is 2. The minimum Gasteiger partial charge on any atom is -0.493 e. The first kappa shape index (κ1) is 21.2. The van der Waals surface area contributed by atoms with Gasteiger partial charge >= 0.3 is 5.97 Å². The number of rotatable bonds is 8. The number of aryl methyl sites for hydroxylation is 2. The Morgan fingerprint density at radius 2 is 2.00 bits per heavy atom. The molecule has 2 N–H and O–H groups in total. The van der Waals surface area contributed by atoms with Crippen LogP contribution in [0.4, 0.5) is 0 Å². The van der Waals surface area contributed by atoms with Crippen LogP contribution in [0.25, 0.3) is 0 Å². The zero-order valence-electron chi connectivity index (χ0n) is 15.8. The van der Waals surface area contributed by atoms with Crippen molar-refractivity contribution in [2.24, 2.45) is 5.10 Å². The second-order valence-corrected chi connectivity index (χ2v) is 6.52. The molecule has 0 spiro atoms. The summed E-state index contributed by atoms with van der Waals surface area (Å²) in [6, 6.07) is 9.01. The van der Waals surface area contributed by atoms with E-state index in [9.17, 15) is 9.59 Å². The highest BCUT2D eigenvalue weighted by Crippen LogP contribution is 2.36. The third kappa shape index (κ3) is 5.99. The number of carbonyl (C=O) groups is 2. The molecular formula is C20H21ClN2O5. The van der Waals surface area contributed by atoms with Crippen molar-refractivity contribution >= 4 is 29.7 Å². The Hall–Kier alpha value is -3.06. The second kappa shape index (κ2) is 9.75. The van der Waals surface area contributed by atoms with E-state index in [0.717, 1.165) is 16.7 Å². The maximum absolute atomic E-state index is 12.1. The highest BCUT2D eigenvalue weighted by Gasteiger charge is 2.13. The van der Waals surface area contributed by atoms with Crippen LogP contribution in [-0.4, -0.2) is 36.9 Å². The molecule has 0 aliphatic heterocycles. The molecule has 2 rings (SSSR count). The molecule has 28 heavy (non-hydrogen) atoms. The van der Waals surface area contributed by atoms with Crippen LogP contribution in [0.5, 0.6) is 11.5 Å². The lowest BCUT2D eigenvalue weighted by Crippen LogP contribution is -2.20. The normalized spacial score (nSPS) is 10.7. The van der Waals surface area contributed by atoms with Gasteiger partial charge in [-0.15, -0.1) is 0 Å². The Morgan fingerprint density at radius 3 is 2.64 bits per heavy atom. The summed E-state index contributed by atoms with van der Waals surface area (Å²) in [4.78, 5) is 22.7. The fourth-order valence-electron chi connectivity index (χ4n) is 2.52. The third-order valence-electron chi connectivity index (χ3n) is 3.84. The summed E-state index contributed by atoms with van der Waals surface area (Å²) in [5.41, 5.74) is 6.14. The number of ether oxygens (including phenoxy) is 2. The van der Waals surface area contributed by atoms with Gasteiger partial charge < -0.3 is 14.6 Å². The first-order valence-corrected chi connectivity index (χ1v) is 8.78. The molecular weight excluding hydrogens is 384 g/mol. The average Bonchev–Trinajstić information content (AvgIpc) is 2.62. The Balaban J connectivity index is 2.04. The van der Waals surface area contributed by atoms with Crippen molar-refractivity contribution in [1.82, 2.24) is 5.43 Å². The second-order valence-electron chi connectivity index (χ2n) is 6.12. The van der Waals surface area contributed by atoms with E-state index in [-0.39, 0.29) is 28.8 Å². The van der Waals surface area contributed by atoms with Crippen LogP contribution >= 0.6 is 11.6 Å². The van der Waals surface area contributed by atoms with Gasteiger partial charge in [-0.1, -0.05) is 35.4 Å². The molecule has 0 heterocycles. The monoisotopic (exact) mass is 404 g/mol. The van der Waals surface area contributed by atoms with E-state index >= 15 is 0 Å². The van der Waals surface area contributed by atoms with E-state index in [1.807, 2.05) is 32.0 Å². The molecule has 0 radical (unpaired) electrons. The quantitative estimate of drug-likeness (QED) is 0.520. The highest BCUT2D eigenvalue weighted by atomic mass is 35.5. The summed E-state index contributed by atoms with van der Waals surface area (Å²) in [5.74, 6) is -0.989. The maximum Gasteiger partial charge on any atom is 0.341 e. The van der Waals surface area contributed by atoms with Crippen LogP contribution in [0.2, 0.25) is 5.02 Å². The average molecular weight is 405 g/mol. The van der Waals surface area contributed by atoms with Crippen molar-refractivity contribution in [1.29, 1.82) is 0 Å². The van der Waals surface area contributed by atoms with Crippen LogP contribution < -0.4 is 14.9 Å². The molecule has 2 aromatic rings. The molecule has 0 fully saturated rings. The number of nitrogens with zero attached hydrogens (tertiary/aromatic N) is 1. The molecule has 0 bridgehead atoms. The number of halogens is 1. The van der Waals surface area contributed by atoms with Crippen LogP contribution in [0, 0.1) is 13.8 Å². The van der Waals surface area contributed by atoms with Gasteiger partial charge in [0, 0.05) is 0 Å². The lowest BCUT2D eigenvalue weighted by Gasteiger charge is -2.11. The fraction of sp³-hybridized carbons (Fsp3) is 0.250. The number of hydrogen-bond donors (Lipinski definition) is 2. The molecule has 0 saturated carbocycles. The molecule has 0 saturated heterocycles. The number of amides is 1. The third-order valence-corrected chi connectivity index (χ3v) is 4.12. The van der Waals surface area contributed by atoms with Gasteiger partial charge in [0.25, 0.3) is 0 Å². The SMILES string of the molecule is COc1cc(/C=N\NC(=O)Cc2ccc(C)cc2C)cc(Cl)c1OCC(=O)O. The molecule has 8 heteroatoms. The molecule has 0 unspecified atom stereocenters. The van der Waals surface area contributed by atoms with Gasteiger partial charge in [0.05, 0.1) is 24.8 Å². The van der Waals surface area contributed by atoms with Crippen molar-refractivity contribution in [2.45, 2.75) is 20.3 Å². The smallest absolute Gasteiger partial charge is 0.341 e. The number of nitrogens with one attached hydrogen (secondary N) is 1.